The second-order valence-electron chi connectivity index (χ2n) is 8.00. The predicted molar refractivity (Wildman–Crippen MR) is 97.6 cm³/mol. The van der Waals surface area contributed by atoms with E-state index in [0.717, 1.165) is 24.8 Å². The number of allylic oxidation sites excluding steroid dienone is 2. The number of hydrogen-bond acceptors (Lipinski definition) is 0. The van der Waals surface area contributed by atoms with Crippen molar-refractivity contribution in [3.8, 4) is 0 Å². The lowest BCUT2D eigenvalue weighted by Crippen LogP contribution is -2.32. The first-order chi connectivity index (χ1) is 13.0. The van der Waals surface area contributed by atoms with Crippen LogP contribution in [0.3, 0.4) is 0 Å². The summed E-state index contributed by atoms with van der Waals surface area (Å²) in [5.41, 5.74) is 0. The highest BCUT2D eigenvalue weighted by Gasteiger charge is 2.37. The van der Waals surface area contributed by atoms with Crippen molar-refractivity contribution in [2.75, 3.05) is 0 Å². The zero-order valence-corrected chi connectivity index (χ0v) is 15.4. The van der Waals surface area contributed by atoms with Crippen molar-refractivity contribution in [1.29, 1.82) is 0 Å². The molecule has 24 heavy (non-hydrogen) atoms. The molecule has 0 bridgehead atoms. The van der Waals surface area contributed by atoms with Crippen molar-refractivity contribution in [1.82, 2.24) is 0 Å². The van der Waals surface area contributed by atoms with E-state index >= 15 is 0 Å². The van der Waals surface area contributed by atoms with E-state index in [2.05, 4.69) is 6.92 Å². The normalized spacial score (nSPS) is 54.8. The Bertz CT molecular complexity index is 581. The van der Waals surface area contributed by atoms with E-state index < -0.39 is 35.5 Å². The Balaban J connectivity index is 1.66. The summed E-state index contributed by atoms with van der Waals surface area (Å²) < 4.78 is 61.7. The molecule has 0 aromatic carbocycles. The first-order valence-electron chi connectivity index (χ1n) is 11.8. The third-order valence-electron chi connectivity index (χ3n) is 6.49. The van der Waals surface area contributed by atoms with Gasteiger partial charge in [-0.05, 0) is 80.5 Å². The predicted octanol–water partition coefficient (Wildman–Crippen LogP) is 7.22. The van der Waals surface area contributed by atoms with Gasteiger partial charge in [-0.3, -0.25) is 0 Å². The molecule has 3 heteroatoms. The maximum atomic E-state index is 14.8. The monoisotopic (exact) mass is 362 g/mol. The standard InChI is InChI=1S/C21H33ClF2/c1-2-3-14-4-6-15(7-5-14)16-8-10-17(11-9-16)18-12-19(23)21(22)20(24)13-18/h12,14-18,20-21H,2-11,13H2,1H3/i13D2,18D,20D. The van der Waals surface area contributed by atoms with Gasteiger partial charge < -0.3 is 0 Å². The minimum atomic E-state index is -3.36. The molecule has 3 aliphatic rings. The van der Waals surface area contributed by atoms with E-state index in [1.807, 2.05) is 0 Å². The first-order valence-corrected chi connectivity index (χ1v) is 10.2. The molecule has 0 nitrogen and oxygen atoms in total. The van der Waals surface area contributed by atoms with Crippen LogP contribution in [-0.2, 0) is 0 Å². The van der Waals surface area contributed by atoms with Crippen molar-refractivity contribution in [2.45, 2.75) is 89.0 Å². The summed E-state index contributed by atoms with van der Waals surface area (Å²) in [6.07, 6.45) is 5.18. The van der Waals surface area contributed by atoms with E-state index in [1.54, 1.807) is 0 Å². The number of rotatable bonds is 4. The molecule has 0 aliphatic heterocycles. The molecule has 3 atom stereocenters. The number of alkyl halides is 2. The van der Waals surface area contributed by atoms with Gasteiger partial charge in [0.1, 0.15) is 17.4 Å². The summed E-state index contributed by atoms with van der Waals surface area (Å²) in [7, 11) is 0. The van der Waals surface area contributed by atoms with Gasteiger partial charge >= 0.3 is 0 Å². The van der Waals surface area contributed by atoms with Crippen LogP contribution in [0.25, 0.3) is 0 Å². The van der Waals surface area contributed by atoms with Crippen molar-refractivity contribution in [3.05, 3.63) is 11.9 Å². The molecule has 0 aromatic heterocycles. The minimum Gasteiger partial charge on any atom is -0.245 e. The molecule has 0 amide bonds. The Morgan fingerprint density at radius 3 is 2.21 bits per heavy atom. The smallest absolute Gasteiger partial charge is 0.123 e. The van der Waals surface area contributed by atoms with Crippen LogP contribution >= 0.6 is 11.6 Å². The average molecular weight is 363 g/mol. The fourth-order valence-electron chi connectivity index (χ4n) is 5.06. The molecule has 0 spiro atoms. The van der Waals surface area contributed by atoms with Crippen LogP contribution in [-0.4, -0.2) is 11.5 Å². The van der Waals surface area contributed by atoms with Crippen LogP contribution in [0.2, 0.25) is 0 Å². The van der Waals surface area contributed by atoms with Crippen LogP contribution < -0.4 is 0 Å². The highest BCUT2D eigenvalue weighted by Crippen LogP contribution is 2.46. The van der Waals surface area contributed by atoms with Gasteiger partial charge in [-0.1, -0.05) is 32.6 Å². The molecule has 0 N–H and O–H groups in total. The third kappa shape index (κ3) is 4.34. The summed E-state index contributed by atoms with van der Waals surface area (Å²) >= 11 is 5.64. The SMILES string of the molecule is [2H]C1(F)C(Cl)C(F)=CC([2H])(C2CCC(C3CCC(CCC)CC3)CC2)C1([2H])[2H]. The van der Waals surface area contributed by atoms with Crippen LogP contribution in [0.5, 0.6) is 0 Å². The minimum absolute atomic E-state index is 0.495. The van der Waals surface area contributed by atoms with Gasteiger partial charge in [0, 0.05) is 4.11 Å². The summed E-state index contributed by atoms with van der Waals surface area (Å²) in [6.45, 7) is 2.24. The van der Waals surface area contributed by atoms with Crippen LogP contribution in [0, 0.1) is 29.6 Å². The van der Waals surface area contributed by atoms with Crippen molar-refractivity contribution >= 4 is 11.6 Å². The maximum absolute atomic E-state index is 14.8. The lowest BCUT2D eigenvalue weighted by atomic mass is 9.66. The summed E-state index contributed by atoms with van der Waals surface area (Å²) in [4.78, 5) is 0. The highest BCUT2D eigenvalue weighted by atomic mass is 35.5. The molecule has 0 heterocycles. The number of halogens is 3. The molecule has 3 unspecified atom stereocenters. The Kier molecular flexibility index (Phi) is 4.97. The fraction of sp³-hybridized carbons (Fsp3) is 0.905. The second kappa shape index (κ2) is 8.52. The summed E-state index contributed by atoms with van der Waals surface area (Å²) in [5.74, 6) is -1.56. The van der Waals surface area contributed by atoms with Gasteiger partial charge in [0.2, 0.25) is 0 Å². The maximum Gasteiger partial charge on any atom is 0.123 e. The van der Waals surface area contributed by atoms with Crippen molar-refractivity contribution < 1.29 is 14.3 Å². The van der Waals surface area contributed by atoms with Gasteiger partial charge in [-0.15, -0.1) is 11.6 Å². The van der Waals surface area contributed by atoms with Gasteiger partial charge in [0.05, 0.1) is 1.37 Å². The molecular weight excluding hydrogens is 326 g/mol. The lowest BCUT2D eigenvalue weighted by Gasteiger charge is -2.40. The van der Waals surface area contributed by atoms with Gasteiger partial charge in [-0.25, -0.2) is 8.78 Å². The molecule has 0 radical (unpaired) electrons. The van der Waals surface area contributed by atoms with Gasteiger partial charge in [-0.2, -0.15) is 0 Å². The number of hydrogen-bond donors (Lipinski definition) is 0. The quantitative estimate of drug-likeness (QED) is 0.463. The average Bonchev–Trinajstić information content (AvgIpc) is 2.67. The third-order valence-corrected chi connectivity index (χ3v) is 6.89. The molecule has 0 saturated heterocycles. The van der Waals surface area contributed by atoms with E-state index in [9.17, 15) is 8.78 Å². The molecule has 2 fully saturated rings. The summed E-state index contributed by atoms with van der Waals surface area (Å²) in [5, 5.41) is -2.00. The van der Waals surface area contributed by atoms with Crippen molar-refractivity contribution in [2.24, 2.45) is 29.6 Å². The first kappa shape index (κ1) is 14.0. The van der Waals surface area contributed by atoms with Crippen LogP contribution in [0.15, 0.2) is 11.9 Å². The Labute approximate surface area is 157 Å². The zero-order chi connectivity index (χ0) is 20.7. The van der Waals surface area contributed by atoms with Crippen LogP contribution in [0.1, 0.15) is 83.0 Å². The molecule has 2 saturated carbocycles. The topological polar surface area (TPSA) is 0 Å². The van der Waals surface area contributed by atoms with E-state index in [0.29, 0.717) is 24.7 Å². The Hall–Kier alpha value is -0.110. The van der Waals surface area contributed by atoms with Gasteiger partial charge in [0.25, 0.3) is 0 Å². The lowest BCUT2D eigenvalue weighted by molar-refractivity contribution is 0.118. The largest absolute Gasteiger partial charge is 0.245 e. The second-order valence-corrected chi connectivity index (χ2v) is 8.44. The fourth-order valence-corrected chi connectivity index (χ4v) is 5.18. The van der Waals surface area contributed by atoms with E-state index in [4.69, 9.17) is 17.1 Å². The highest BCUT2D eigenvalue weighted by molar-refractivity contribution is 6.22. The molecule has 0 aromatic rings. The van der Waals surface area contributed by atoms with Crippen molar-refractivity contribution in [3.63, 3.8) is 0 Å². The molecule has 3 aliphatic carbocycles. The van der Waals surface area contributed by atoms with Crippen LogP contribution in [0.4, 0.5) is 8.78 Å². The molecule has 3 rings (SSSR count). The molecular formula is C21H33ClF2. The molecule has 138 valence electrons. The zero-order valence-electron chi connectivity index (χ0n) is 18.7. The van der Waals surface area contributed by atoms with E-state index in [1.165, 1.54) is 38.5 Å². The summed E-state index contributed by atoms with van der Waals surface area (Å²) in [6, 6.07) is 0. The Morgan fingerprint density at radius 1 is 1.08 bits per heavy atom. The van der Waals surface area contributed by atoms with Gasteiger partial charge in [0.15, 0.2) is 0 Å². The van der Waals surface area contributed by atoms with E-state index in [-0.39, 0.29) is 0 Å². The Morgan fingerprint density at radius 2 is 1.62 bits per heavy atom.